The second kappa shape index (κ2) is 5.76. The maximum Gasteiger partial charge on any atom is 0.295 e. The lowest BCUT2D eigenvalue weighted by Crippen LogP contribution is -2.30. The number of benzene rings is 2. The topological polar surface area (TPSA) is 46.3 Å². The molecule has 0 N–H and O–H groups in total. The number of nitrogens with zero attached hydrogens (tertiary/aromatic N) is 2. The molecule has 0 aliphatic rings. The smallest absolute Gasteiger partial charge is 0.295 e. The van der Waals surface area contributed by atoms with Crippen molar-refractivity contribution in [3.05, 3.63) is 59.9 Å². The quantitative estimate of drug-likeness (QED) is 0.528. The summed E-state index contributed by atoms with van der Waals surface area (Å²) in [6.45, 7) is 4.51. The van der Waals surface area contributed by atoms with E-state index < -0.39 is 0 Å². The highest BCUT2D eigenvalue weighted by Crippen LogP contribution is 2.31. The summed E-state index contributed by atoms with van der Waals surface area (Å²) in [5.41, 5.74) is 2.78. The van der Waals surface area contributed by atoms with E-state index in [2.05, 4.69) is 4.98 Å². The third-order valence-electron chi connectivity index (χ3n) is 4.04. The van der Waals surface area contributed by atoms with Crippen LogP contribution in [-0.4, -0.2) is 17.4 Å². The Morgan fingerprint density at radius 2 is 2.04 bits per heavy atom. The number of aromatic nitrogens is 1. The lowest BCUT2D eigenvalue weighted by Gasteiger charge is -2.15. The number of para-hydroxylation sites is 2. The Bertz CT molecular complexity index is 1010. The fourth-order valence-electron chi connectivity index (χ4n) is 2.78. The predicted molar refractivity (Wildman–Crippen MR) is 97.9 cm³/mol. The van der Waals surface area contributed by atoms with Gasteiger partial charge >= 0.3 is 0 Å². The van der Waals surface area contributed by atoms with Crippen LogP contribution in [0.25, 0.3) is 21.2 Å². The maximum atomic E-state index is 12.9. The lowest BCUT2D eigenvalue weighted by molar-refractivity contribution is 0.0964. The van der Waals surface area contributed by atoms with E-state index in [1.165, 1.54) is 11.3 Å². The Morgan fingerprint density at radius 1 is 1.21 bits per heavy atom. The van der Waals surface area contributed by atoms with Crippen LogP contribution in [0.5, 0.6) is 0 Å². The van der Waals surface area contributed by atoms with Crippen LogP contribution in [0.1, 0.15) is 23.0 Å². The first-order chi connectivity index (χ1) is 11.7. The predicted octanol–water partition coefficient (Wildman–Crippen LogP) is 5.02. The Hall–Kier alpha value is -2.66. The van der Waals surface area contributed by atoms with Crippen LogP contribution in [0.2, 0.25) is 0 Å². The molecule has 0 saturated heterocycles. The van der Waals surface area contributed by atoms with Gasteiger partial charge < -0.3 is 4.42 Å². The first-order valence-electron chi connectivity index (χ1n) is 7.84. The summed E-state index contributed by atoms with van der Waals surface area (Å²) in [5.74, 6) is 0.180. The normalized spacial score (nSPS) is 11.2. The zero-order valence-electron chi connectivity index (χ0n) is 13.4. The molecule has 2 aromatic heterocycles. The number of aryl methyl sites for hydroxylation is 1. The molecule has 5 heteroatoms. The van der Waals surface area contributed by atoms with E-state index in [-0.39, 0.29) is 5.91 Å². The summed E-state index contributed by atoms with van der Waals surface area (Å²) < 4.78 is 6.80. The summed E-state index contributed by atoms with van der Waals surface area (Å²) in [6, 6.07) is 15.5. The van der Waals surface area contributed by atoms with E-state index in [0.29, 0.717) is 17.4 Å². The molecule has 4 aromatic rings. The van der Waals surface area contributed by atoms with Crippen LogP contribution in [0.3, 0.4) is 0 Å². The number of hydrogen-bond acceptors (Lipinski definition) is 4. The molecule has 4 nitrogen and oxygen atoms in total. The Labute approximate surface area is 143 Å². The SMILES string of the molecule is CCN(C(=O)c1cc2ccccc2o1)c1nc2c(C)cccc2s1. The fourth-order valence-corrected chi connectivity index (χ4v) is 3.88. The van der Waals surface area contributed by atoms with Gasteiger partial charge in [0, 0.05) is 11.9 Å². The molecule has 4 rings (SSSR count). The first-order valence-corrected chi connectivity index (χ1v) is 8.65. The molecule has 120 valence electrons. The van der Waals surface area contributed by atoms with E-state index in [9.17, 15) is 4.79 Å². The van der Waals surface area contributed by atoms with Crippen LogP contribution in [0.15, 0.2) is 52.9 Å². The van der Waals surface area contributed by atoms with Crippen molar-refractivity contribution in [2.24, 2.45) is 0 Å². The number of hydrogen-bond donors (Lipinski definition) is 0. The number of fused-ring (bicyclic) bond motifs is 2. The molecule has 1 amide bonds. The minimum atomic E-state index is -0.162. The number of carbonyl (C=O) groups excluding carboxylic acids is 1. The van der Waals surface area contributed by atoms with Gasteiger partial charge in [-0.3, -0.25) is 9.69 Å². The third-order valence-corrected chi connectivity index (χ3v) is 5.08. The first kappa shape index (κ1) is 14.9. The Balaban J connectivity index is 1.76. The summed E-state index contributed by atoms with van der Waals surface area (Å²) in [6.07, 6.45) is 0. The largest absolute Gasteiger partial charge is 0.451 e. The summed E-state index contributed by atoms with van der Waals surface area (Å²) >= 11 is 1.53. The zero-order valence-corrected chi connectivity index (χ0v) is 14.3. The maximum absolute atomic E-state index is 12.9. The van der Waals surface area contributed by atoms with Crippen LogP contribution in [0.4, 0.5) is 5.13 Å². The van der Waals surface area contributed by atoms with Crippen LogP contribution < -0.4 is 4.90 Å². The molecule has 2 heterocycles. The van der Waals surface area contributed by atoms with Gasteiger partial charge in [-0.05, 0) is 37.6 Å². The van der Waals surface area contributed by atoms with E-state index in [4.69, 9.17) is 4.42 Å². The highest BCUT2D eigenvalue weighted by atomic mass is 32.1. The van der Waals surface area contributed by atoms with Gasteiger partial charge in [-0.2, -0.15) is 0 Å². The number of rotatable bonds is 3. The third kappa shape index (κ3) is 2.37. The molecule has 2 aromatic carbocycles. The molecular weight excluding hydrogens is 320 g/mol. The molecule has 0 spiro atoms. The molecule has 0 bridgehead atoms. The van der Waals surface area contributed by atoms with E-state index >= 15 is 0 Å². The van der Waals surface area contributed by atoms with Gasteiger partial charge in [-0.25, -0.2) is 4.98 Å². The van der Waals surface area contributed by atoms with Gasteiger partial charge in [0.25, 0.3) is 5.91 Å². The van der Waals surface area contributed by atoms with Crippen molar-refractivity contribution in [3.8, 4) is 0 Å². The van der Waals surface area contributed by atoms with Gasteiger partial charge in [-0.1, -0.05) is 41.7 Å². The van der Waals surface area contributed by atoms with Crippen molar-refractivity contribution in [1.29, 1.82) is 0 Å². The van der Waals surface area contributed by atoms with Crippen LogP contribution in [-0.2, 0) is 0 Å². The molecule has 0 fully saturated rings. The molecule has 0 atom stereocenters. The van der Waals surface area contributed by atoms with Gasteiger partial charge in [-0.15, -0.1) is 0 Å². The molecule has 0 saturated carbocycles. The Kier molecular flexibility index (Phi) is 3.58. The number of furan rings is 1. The number of carbonyl (C=O) groups is 1. The molecular formula is C19H16N2O2S. The van der Waals surface area contributed by atoms with Crippen molar-refractivity contribution < 1.29 is 9.21 Å². The Morgan fingerprint density at radius 3 is 2.79 bits per heavy atom. The molecule has 0 radical (unpaired) electrons. The van der Waals surface area contributed by atoms with Crippen molar-refractivity contribution in [2.45, 2.75) is 13.8 Å². The second-order valence-corrected chi connectivity index (χ2v) is 6.63. The van der Waals surface area contributed by atoms with Crippen molar-refractivity contribution in [3.63, 3.8) is 0 Å². The minimum absolute atomic E-state index is 0.162. The van der Waals surface area contributed by atoms with E-state index in [0.717, 1.165) is 26.7 Å². The summed E-state index contributed by atoms with van der Waals surface area (Å²) in [7, 11) is 0. The second-order valence-electron chi connectivity index (χ2n) is 5.62. The van der Waals surface area contributed by atoms with Crippen molar-refractivity contribution in [2.75, 3.05) is 11.4 Å². The van der Waals surface area contributed by atoms with Gasteiger partial charge in [0.15, 0.2) is 10.9 Å². The summed E-state index contributed by atoms with van der Waals surface area (Å²) in [4.78, 5) is 19.2. The number of thiazole rings is 1. The van der Waals surface area contributed by atoms with Crippen LogP contribution in [0, 0.1) is 6.92 Å². The fraction of sp³-hybridized carbons (Fsp3) is 0.158. The molecule has 24 heavy (non-hydrogen) atoms. The average Bonchev–Trinajstić information content (AvgIpc) is 3.20. The monoisotopic (exact) mass is 336 g/mol. The average molecular weight is 336 g/mol. The lowest BCUT2D eigenvalue weighted by atomic mass is 10.2. The molecule has 0 unspecified atom stereocenters. The number of amides is 1. The van der Waals surface area contributed by atoms with E-state index in [1.54, 1.807) is 11.0 Å². The molecule has 0 aliphatic heterocycles. The van der Waals surface area contributed by atoms with Crippen molar-refractivity contribution >= 4 is 43.6 Å². The highest BCUT2D eigenvalue weighted by Gasteiger charge is 2.23. The van der Waals surface area contributed by atoms with Gasteiger partial charge in [0.05, 0.1) is 10.2 Å². The number of anilines is 1. The van der Waals surface area contributed by atoms with Gasteiger partial charge in [0.2, 0.25) is 0 Å². The van der Waals surface area contributed by atoms with Crippen molar-refractivity contribution in [1.82, 2.24) is 4.98 Å². The summed E-state index contributed by atoms with van der Waals surface area (Å²) in [5, 5.41) is 1.63. The molecule has 0 aliphatic carbocycles. The standard InChI is InChI=1S/C19H16N2O2S/c1-3-21(19-20-17-12(2)7-6-10-16(17)24-19)18(22)15-11-13-8-4-5-9-14(13)23-15/h4-11H,3H2,1-2H3. The zero-order chi connectivity index (χ0) is 16.7. The van der Waals surface area contributed by atoms with Crippen LogP contribution >= 0.6 is 11.3 Å². The van der Waals surface area contributed by atoms with E-state index in [1.807, 2.05) is 56.3 Å². The van der Waals surface area contributed by atoms with Gasteiger partial charge in [0.1, 0.15) is 5.58 Å². The minimum Gasteiger partial charge on any atom is -0.451 e. The highest BCUT2D eigenvalue weighted by molar-refractivity contribution is 7.22.